The first-order valence-electron chi connectivity index (χ1n) is 6.27. The van der Waals surface area contributed by atoms with E-state index in [0.717, 1.165) is 0 Å². The van der Waals surface area contributed by atoms with Gasteiger partial charge in [0.25, 0.3) is 5.91 Å². The molecule has 0 heterocycles. The minimum absolute atomic E-state index is 0.222. The minimum atomic E-state index is -0.326. The Kier molecular flexibility index (Phi) is 4.05. The number of hydrogen-bond donors (Lipinski definition) is 2. The fourth-order valence-electron chi connectivity index (χ4n) is 2.03. The van der Waals surface area contributed by atoms with E-state index in [1.165, 1.54) is 7.11 Å². The van der Waals surface area contributed by atoms with Gasteiger partial charge in [0.2, 0.25) is 11.1 Å². The van der Waals surface area contributed by atoms with Crippen LogP contribution >= 0.6 is 0 Å². The molecule has 0 fully saturated rings. The number of ether oxygens (including phenoxy) is 1. The lowest BCUT2D eigenvalue weighted by atomic mass is 10.1. The van der Waals surface area contributed by atoms with Crippen LogP contribution in [0.5, 0.6) is 5.75 Å². The van der Waals surface area contributed by atoms with E-state index in [1.807, 2.05) is 6.07 Å². The molecule has 1 amide bonds. The summed E-state index contributed by atoms with van der Waals surface area (Å²) in [7, 11) is 1.42. The fourth-order valence-corrected chi connectivity index (χ4v) is 2.03. The molecule has 3 N–H and O–H groups in total. The number of aryl methyl sites for hydroxylation is 1. The van der Waals surface area contributed by atoms with Crippen molar-refractivity contribution in [1.82, 2.24) is 0 Å². The lowest BCUT2D eigenvalue weighted by Gasteiger charge is -2.12. The third-order valence-electron chi connectivity index (χ3n) is 3.05. The van der Waals surface area contributed by atoms with Gasteiger partial charge in [-0.2, -0.15) is 0 Å². The number of diazo groups is 1. The number of amides is 1. The van der Waals surface area contributed by atoms with Gasteiger partial charge >= 0.3 is 5.69 Å². The highest BCUT2D eigenvalue weighted by atomic mass is 16.5. The van der Waals surface area contributed by atoms with Gasteiger partial charge in [-0.1, -0.05) is 18.2 Å². The number of methoxy groups -OCH3 is 1. The van der Waals surface area contributed by atoms with Gasteiger partial charge in [-0.15, -0.1) is 0 Å². The molecule has 21 heavy (non-hydrogen) atoms. The summed E-state index contributed by atoms with van der Waals surface area (Å²) < 4.78 is 5.22. The van der Waals surface area contributed by atoms with Crippen molar-refractivity contribution in [2.24, 2.45) is 0 Å². The molecule has 0 radical (unpaired) electrons. The van der Waals surface area contributed by atoms with Gasteiger partial charge in [0, 0.05) is 5.56 Å². The largest absolute Gasteiger partial charge is 0.488 e. The van der Waals surface area contributed by atoms with Crippen LogP contribution in [0, 0.1) is 12.3 Å². The average Bonchev–Trinajstić information content (AvgIpc) is 2.50. The van der Waals surface area contributed by atoms with E-state index in [1.54, 1.807) is 37.3 Å². The van der Waals surface area contributed by atoms with Crippen LogP contribution in [-0.2, 0) is 0 Å². The molecular weight excluding hydrogens is 268 g/mol. The van der Waals surface area contributed by atoms with E-state index >= 15 is 0 Å². The summed E-state index contributed by atoms with van der Waals surface area (Å²) in [5, 5.41) is 11.8. The van der Waals surface area contributed by atoms with E-state index in [4.69, 9.17) is 15.9 Å². The van der Waals surface area contributed by atoms with Gasteiger partial charge in [-0.25, -0.2) is 0 Å². The zero-order valence-electron chi connectivity index (χ0n) is 11.8. The quantitative estimate of drug-likeness (QED) is 0.667. The molecule has 2 aromatic rings. The second kappa shape index (κ2) is 5.92. The van der Waals surface area contributed by atoms with Crippen molar-refractivity contribution in [3.63, 3.8) is 0 Å². The molecule has 0 unspecified atom stereocenters. The van der Waals surface area contributed by atoms with Crippen molar-refractivity contribution >= 4 is 23.0 Å². The SMILES string of the molecule is COc1c([N+]#N)c(C)cc(N)c1NC(=O)c1ccccc1. The Bertz CT molecular complexity index is 721. The predicted molar refractivity (Wildman–Crippen MR) is 81.3 cm³/mol. The van der Waals surface area contributed by atoms with Crippen molar-refractivity contribution in [2.75, 3.05) is 18.2 Å². The van der Waals surface area contributed by atoms with Crippen molar-refractivity contribution in [3.05, 3.63) is 52.5 Å². The third kappa shape index (κ3) is 2.77. The second-order valence-electron chi connectivity index (χ2n) is 4.46. The summed E-state index contributed by atoms with van der Waals surface area (Å²) >= 11 is 0. The number of anilines is 2. The molecule has 0 aliphatic rings. The molecular formula is C15H15N4O2+. The molecule has 0 aliphatic heterocycles. The number of rotatable bonds is 3. The maximum absolute atomic E-state index is 12.2. The Labute approximate surface area is 122 Å². The van der Waals surface area contributed by atoms with E-state index in [-0.39, 0.29) is 23.0 Å². The molecule has 0 saturated heterocycles. The molecule has 6 nitrogen and oxygen atoms in total. The lowest BCUT2D eigenvalue weighted by Crippen LogP contribution is -2.14. The van der Waals surface area contributed by atoms with Crippen molar-refractivity contribution in [1.29, 1.82) is 5.39 Å². The number of hydrogen-bond acceptors (Lipinski definition) is 4. The Morgan fingerprint density at radius 2 is 2.00 bits per heavy atom. The zero-order valence-corrected chi connectivity index (χ0v) is 11.8. The van der Waals surface area contributed by atoms with E-state index in [9.17, 15) is 4.79 Å². The molecule has 0 aliphatic carbocycles. The fraction of sp³-hybridized carbons (Fsp3) is 0.133. The maximum atomic E-state index is 12.2. The van der Waals surface area contributed by atoms with Gasteiger partial charge in [-0.3, -0.25) is 4.79 Å². The molecule has 2 aromatic carbocycles. The summed E-state index contributed by atoms with van der Waals surface area (Å²) in [5.41, 5.74) is 7.91. The van der Waals surface area contributed by atoms with Crippen LogP contribution in [0.3, 0.4) is 0 Å². The van der Waals surface area contributed by atoms with E-state index in [0.29, 0.717) is 16.8 Å². The average molecular weight is 283 g/mol. The first-order chi connectivity index (χ1) is 10.1. The molecule has 2 rings (SSSR count). The smallest absolute Gasteiger partial charge is 0.431 e. The molecule has 0 spiro atoms. The monoisotopic (exact) mass is 283 g/mol. The van der Waals surface area contributed by atoms with Crippen molar-refractivity contribution < 1.29 is 9.53 Å². The van der Waals surface area contributed by atoms with Gasteiger partial charge < -0.3 is 15.8 Å². The number of nitrogens with two attached hydrogens (primary N) is 1. The number of carbonyl (C=O) groups is 1. The van der Waals surface area contributed by atoms with Crippen LogP contribution in [-0.4, -0.2) is 13.0 Å². The molecule has 106 valence electrons. The summed E-state index contributed by atoms with van der Waals surface area (Å²) in [6, 6.07) is 10.3. The van der Waals surface area contributed by atoms with Crippen molar-refractivity contribution in [3.8, 4) is 5.75 Å². The highest BCUT2D eigenvalue weighted by Gasteiger charge is 2.26. The highest BCUT2D eigenvalue weighted by molar-refractivity contribution is 6.07. The van der Waals surface area contributed by atoms with Crippen LogP contribution in [0.2, 0.25) is 0 Å². The summed E-state index contributed by atoms with van der Waals surface area (Å²) in [6.45, 7) is 1.73. The number of nitrogen functional groups attached to an aromatic ring is 1. The van der Waals surface area contributed by atoms with Gasteiger partial charge in [0.1, 0.15) is 5.69 Å². The number of benzene rings is 2. The lowest BCUT2D eigenvalue weighted by molar-refractivity contribution is 0.102. The van der Waals surface area contributed by atoms with Crippen LogP contribution in [0.15, 0.2) is 36.4 Å². The molecule has 6 heteroatoms. The number of nitrogens with one attached hydrogen (secondary N) is 1. The zero-order chi connectivity index (χ0) is 15.4. The van der Waals surface area contributed by atoms with Gasteiger partial charge in [0.15, 0.2) is 4.98 Å². The van der Waals surface area contributed by atoms with E-state index < -0.39 is 0 Å². The highest BCUT2D eigenvalue weighted by Crippen LogP contribution is 2.42. The number of carbonyl (C=O) groups excluding carboxylic acids is 1. The van der Waals surface area contributed by atoms with E-state index in [2.05, 4.69) is 10.3 Å². The Hall–Kier alpha value is -3.07. The van der Waals surface area contributed by atoms with Crippen molar-refractivity contribution in [2.45, 2.75) is 6.92 Å². The Balaban J connectivity index is 2.45. The van der Waals surface area contributed by atoms with Gasteiger partial charge in [0.05, 0.1) is 18.4 Å². The molecule has 0 atom stereocenters. The second-order valence-corrected chi connectivity index (χ2v) is 4.46. The van der Waals surface area contributed by atoms with Crippen LogP contribution < -0.4 is 15.8 Å². The van der Waals surface area contributed by atoms with Crippen LogP contribution in [0.25, 0.3) is 4.98 Å². The molecule has 0 aromatic heterocycles. The molecule has 0 saturated carbocycles. The van der Waals surface area contributed by atoms with Gasteiger partial charge in [-0.05, 0) is 25.1 Å². The normalized spacial score (nSPS) is 9.76. The first kappa shape index (κ1) is 14.3. The number of nitrogens with zero attached hydrogens (tertiary/aromatic N) is 2. The standard InChI is InChI=1S/C15H14N4O2/c1-9-8-11(16)13(14(21-2)12(9)19-17)18-15(20)10-6-4-3-5-7-10/h3-8,16-17H,1-2H3/p+1. The maximum Gasteiger partial charge on any atom is 0.431 e. The van der Waals surface area contributed by atoms with Crippen LogP contribution in [0.1, 0.15) is 15.9 Å². The summed E-state index contributed by atoms with van der Waals surface area (Å²) in [4.78, 5) is 15.4. The Morgan fingerprint density at radius 1 is 1.33 bits per heavy atom. The summed E-state index contributed by atoms with van der Waals surface area (Å²) in [5.74, 6) is -0.104. The first-order valence-corrected chi connectivity index (χ1v) is 6.27. The van der Waals surface area contributed by atoms with Crippen LogP contribution in [0.4, 0.5) is 17.1 Å². The minimum Gasteiger partial charge on any atom is -0.488 e. The predicted octanol–water partition coefficient (Wildman–Crippen LogP) is 3.32. The topological polar surface area (TPSA) is 92.5 Å². The summed E-state index contributed by atoms with van der Waals surface area (Å²) in [6.07, 6.45) is 0. The Morgan fingerprint density at radius 3 is 2.57 bits per heavy atom. The third-order valence-corrected chi connectivity index (χ3v) is 3.05. The molecule has 0 bridgehead atoms.